The number of esters is 1. The van der Waals surface area contributed by atoms with Crippen LogP contribution < -0.4 is 15.4 Å². The van der Waals surface area contributed by atoms with Crippen LogP contribution in [0.4, 0.5) is 0 Å². The number of hydrogen-bond donors (Lipinski definition) is 2. The molecule has 8 nitrogen and oxygen atoms in total. The minimum atomic E-state index is -0.438. The van der Waals surface area contributed by atoms with Gasteiger partial charge in [0, 0.05) is 11.3 Å². The van der Waals surface area contributed by atoms with Gasteiger partial charge in [-0.15, -0.1) is 5.10 Å². The molecular formula is C23H23N5O3S. The highest BCUT2D eigenvalue weighted by atomic mass is 32.1. The van der Waals surface area contributed by atoms with Gasteiger partial charge in [0.15, 0.2) is 5.11 Å². The number of ether oxygens (including phenoxy) is 2. The number of carbonyl (C=O) groups excluding carboxylic acids is 1. The smallest absolute Gasteiger partial charge is 0.338 e. The van der Waals surface area contributed by atoms with Gasteiger partial charge in [0.2, 0.25) is 0 Å². The molecule has 0 spiro atoms. The lowest BCUT2D eigenvalue weighted by atomic mass is 9.95. The molecule has 0 aliphatic carbocycles. The lowest BCUT2D eigenvalue weighted by Crippen LogP contribution is -2.45. The Kier molecular flexibility index (Phi) is 6.18. The second kappa shape index (κ2) is 9.19. The van der Waals surface area contributed by atoms with E-state index in [2.05, 4.69) is 20.9 Å². The first-order valence-corrected chi connectivity index (χ1v) is 10.5. The monoisotopic (exact) mass is 449 g/mol. The molecular weight excluding hydrogens is 426 g/mol. The molecule has 2 heterocycles. The highest BCUT2D eigenvalue weighted by Gasteiger charge is 2.31. The lowest BCUT2D eigenvalue weighted by molar-refractivity contribution is -0.139. The highest BCUT2D eigenvalue weighted by molar-refractivity contribution is 7.80. The van der Waals surface area contributed by atoms with Crippen LogP contribution in [0.15, 0.2) is 66.0 Å². The van der Waals surface area contributed by atoms with Gasteiger partial charge in [-0.25, -0.2) is 9.48 Å². The fraction of sp³-hybridized carbons (Fsp3) is 0.217. The Labute approximate surface area is 191 Å². The molecule has 9 heteroatoms. The molecule has 4 rings (SSSR count). The second-order valence-electron chi connectivity index (χ2n) is 7.16. The number of benzene rings is 2. The van der Waals surface area contributed by atoms with E-state index in [0.717, 1.165) is 28.3 Å². The maximum atomic E-state index is 12.6. The largest absolute Gasteiger partial charge is 0.497 e. The van der Waals surface area contributed by atoms with Crippen LogP contribution in [0.1, 0.15) is 25.5 Å². The van der Waals surface area contributed by atoms with Gasteiger partial charge in [-0.05, 0) is 68.0 Å². The predicted molar refractivity (Wildman–Crippen MR) is 124 cm³/mol. The predicted octanol–water partition coefficient (Wildman–Crippen LogP) is 3.30. The number of nitrogens with zero attached hydrogens (tertiary/aromatic N) is 3. The minimum absolute atomic E-state index is 0.292. The summed E-state index contributed by atoms with van der Waals surface area (Å²) in [6.07, 6.45) is 1.86. The van der Waals surface area contributed by atoms with Crippen LogP contribution in [0.3, 0.4) is 0 Å². The first-order valence-electron chi connectivity index (χ1n) is 10.1. The number of thiocarbonyl (C=S) groups is 1. The van der Waals surface area contributed by atoms with E-state index in [1.54, 1.807) is 18.7 Å². The SMILES string of the molecule is CCOC(=O)C1=C(C)NC(=S)NC1c1cccc(-n2cc(-c3ccc(OC)cc3)nn2)c1. The molecule has 0 saturated carbocycles. The number of aromatic nitrogens is 3. The zero-order valence-electron chi connectivity index (χ0n) is 18.0. The summed E-state index contributed by atoms with van der Waals surface area (Å²) in [5.74, 6) is 0.396. The second-order valence-corrected chi connectivity index (χ2v) is 7.57. The average molecular weight is 450 g/mol. The molecule has 0 fully saturated rings. The molecule has 0 bridgehead atoms. The molecule has 3 aromatic rings. The van der Waals surface area contributed by atoms with Gasteiger partial charge >= 0.3 is 5.97 Å². The average Bonchev–Trinajstić information content (AvgIpc) is 3.29. The van der Waals surface area contributed by atoms with Gasteiger partial charge in [-0.3, -0.25) is 0 Å². The summed E-state index contributed by atoms with van der Waals surface area (Å²) >= 11 is 5.32. The molecule has 0 saturated heterocycles. The summed E-state index contributed by atoms with van der Waals surface area (Å²) in [6.45, 7) is 3.89. The zero-order chi connectivity index (χ0) is 22.7. The molecule has 2 aromatic carbocycles. The van der Waals surface area contributed by atoms with E-state index in [1.807, 2.05) is 61.7 Å². The first-order chi connectivity index (χ1) is 15.5. The fourth-order valence-corrected chi connectivity index (χ4v) is 3.83. The molecule has 1 aliphatic heterocycles. The van der Waals surface area contributed by atoms with E-state index in [9.17, 15) is 4.79 Å². The van der Waals surface area contributed by atoms with Gasteiger partial charge in [0.1, 0.15) is 11.4 Å². The first kappa shape index (κ1) is 21.5. The van der Waals surface area contributed by atoms with Crippen molar-refractivity contribution in [3.63, 3.8) is 0 Å². The lowest BCUT2D eigenvalue weighted by Gasteiger charge is -2.30. The zero-order valence-corrected chi connectivity index (χ0v) is 18.8. The summed E-state index contributed by atoms with van der Waals surface area (Å²) in [6, 6.07) is 14.9. The van der Waals surface area contributed by atoms with Gasteiger partial charge in [0.05, 0.1) is 37.2 Å². The molecule has 1 aromatic heterocycles. The Morgan fingerprint density at radius 2 is 2.00 bits per heavy atom. The normalized spacial score (nSPS) is 15.7. The maximum absolute atomic E-state index is 12.6. The number of methoxy groups -OCH3 is 1. The number of hydrogen-bond acceptors (Lipinski definition) is 6. The van der Waals surface area contributed by atoms with E-state index < -0.39 is 6.04 Å². The maximum Gasteiger partial charge on any atom is 0.338 e. The molecule has 1 atom stereocenters. The van der Waals surface area contributed by atoms with E-state index in [0.29, 0.717) is 23.0 Å². The van der Waals surface area contributed by atoms with Crippen molar-refractivity contribution >= 4 is 23.3 Å². The number of allylic oxidation sites excluding steroid dienone is 1. The van der Waals surface area contributed by atoms with Crippen molar-refractivity contribution < 1.29 is 14.3 Å². The minimum Gasteiger partial charge on any atom is -0.497 e. The van der Waals surface area contributed by atoms with Crippen molar-refractivity contribution in [3.8, 4) is 22.7 Å². The summed E-state index contributed by atoms with van der Waals surface area (Å²) in [4.78, 5) is 12.6. The van der Waals surface area contributed by atoms with Crippen molar-refractivity contribution in [2.24, 2.45) is 0 Å². The van der Waals surface area contributed by atoms with Crippen molar-refractivity contribution in [2.45, 2.75) is 19.9 Å². The molecule has 164 valence electrons. The van der Waals surface area contributed by atoms with Gasteiger partial charge in [0.25, 0.3) is 0 Å². The van der Waals surface area contributed by atoms with E-state index >= 15 is 0 Å². The van der Waals surface area contributed by atoms with Crippen molar-refractivity contribution in [1.82, 2.24) is 25.6 Å². The Hall–Kier alpha value is -3.72. The third kappa shape index (κ3) is 4.33. The van der Waals surface area contributed by atoms with Gasteiger partial charge in [-0.1, -0.05) is 17.3 Å². The molecule has 2 N–H and O–H groups in total. The summed E-state index contributed by atoms with van der Waals surface area (Å²) in [5.41, 5.74) is 4.50. The Morgan fingerprint density at radius 1 is 1.22 bits per heavy atom. The quantitative estimate of drug-likeness (QED) is 0.438. The molecule has 0 amide bonds. The van der Waals surface area contributed by atoms with Crippen molar-refractivity contribution in [3.05, 3.63) is 71.6 Å². The number of rotatable bonds is 6. The van der Waals surface area contributed by atoms with Crippen LogP contribution >= 0.6 is 12.2 Å². The summed E-state index contributed by atoms with van der Waals surface area (Å²) < 4.78 is 12.2. The van der Waals surface area contributed by atoms with Crippen molar-refractivity contribution in [2.75, 3.05) is 13.7 Å². The van der Waals surface area contributed by atoms with Gasteiger partial charge < -0.3 is 20.1 Å². The topological polar surface area (TPSA) is 90.3 Å². The molecule has 32 heavy (non-hydrogen) atoms. The third-order valence-electron chi connectivity index (χ3n) is 5.11. The molecule has 1 unspecified atom stereocenters. The summed E-state index contributed by atoms with van der Waals surface area (Å²) in [5, 5.41) is 15.2. The van der Waals surface area contributed by atoms with Crippen LogP contribution in [-0.4, -0.2) is 39.8 Å². The standard InChI is InChI=1S/C23H23N5O3S/c1-4-31-22(29)20-14(2)24-23(32)25-21(20)16-6-5-7-17(12-16)28-13-19(26-27-28)15-8-10-18(30-3)11-9-15/h5-13,21H,4H2,1-3H3,(H2,24,25,32). The highest BCUT2D eigenvalue weighted by Crippen LogP contribution is 2.29. The van der Waals surface area contributed by atoms with Crippen molar-refractivity contribution in [1.29, 1.82) is 0 Å². The number of nitrogens with one attached hydrogen (secondary N) is 2. The van der Waals surface area contributed by atoms with Crippen LogP contribution in [0.2, 0.25) is 0 Å². The number of carbonyl (C=O) groups is 1. The van der Waals surface area contributed by atoms with Crippen LogP contribution in [0.5, 0.6) is 5.75 Å². The molecule has 1 aliphatic rings. The third-order valence-corrected chi connectivity index (χ3v) is 5.33. The van der Waals surface area contributed by atoms with Crippen LogP contribution in [0.25, 0.3) is 16.9 Å². The van der Waals surface area contributed by atoms with Gasteiger partial charge in [-0.2, -0.15) is 0 Å². The Bertz CT molecular complexity index is 1190. The van der Waals surface area contributed by atoms with E-state index in [4.69, 9.17) is 21.7 Å². The van der Waals surface area contributed by atoms with Crippen LogP contribution in [0, 0.1) is 0 Å². The fourth-order valence-electron chi connectivity index (χ4n) is 3.55. The Balaban J connectivity index is 1.66. The van der Waals surface area contributed by atoms with E-state index in [-0.39, 0.29) is 5.97 Å². The Morgan fingerprint density at radius 3 is 2.72 bits per heavy atom. The summed E-state index contributed by atoms with van der Waals surface area (Å²) in [7, 11) is 1.63. The van der Waals surface area contributed by atoms with Crippen LogP contribution in [-0.2, 0) is 9.53 Å². The van der Waals surface area contributed by atoms with E-state index in [1.165, 1.54) is 0 Å². The molecule has 0 radical (unpaired) electrons.